The van der Waals surface area contributed by atoms with Crippen LogP contribution < -0.4 is 5.73 Å². The molecule has 2 N–H and O–H groups in total. The maximum atomic E-state index is 8.48. The lowest BCUT2D eigenvalue weighted by atomic mass is 10.2. The molecule has 0 aliphatic rings. The van der Waals surface area contributed by atoms with E-state index in [9.17, 15) is 0 Å². The lowest BCUT2D eigenvalue weighted by Crippen LogP contribution is -1.89. The summed E-state index contributed by atoms with van der Waals surface area (Å²) >= 11 is 5.63. The van der Waals surface area contributed by atoms with Gasteiger partial charge in [0, 0.05) is 0 Å². The zero-order valence-electron chi connectivity index (χ0n) is 7.13. The van der Waals surface area contributed by atoms with Gasteiger partial charge in [0.15, 0.2) is 0 Å². The number of nitrogens with zero attached hydrogens (tertiary/aromatic N) is 1. The van der Waals surface area contributed by atoms with Crippen LogP contribution in [0.3, 0.4) is 0 Å². The van der Waals surface area contributed by atoms with Crippen LogP contribution in [0.4, 0.5) is 5.69 Å². The Morgan fingerprint density at radius 1 is 1.42 bits per heavy atom. The normalized spacial score (nSPS) is 7.83. The molecule has 0 heterocycles. The summed E-state index contributed by atoms with van der Waals surface area (Å²) in [7, 11) is 0. The minimum atomic E-state index is 0.351. The third-order valence-corrected chi connectivity index (χ3v) is 1.47. The van der Waals surface area contributed by atoms with Crippen molar-refractivity contribution in [3.63, 3.8) is 0 Å². The summed E-state index contributed by atoms with van der Waals surface area (Å²) in [5.41, 5.74) is 6.20. The number of hydrogen-bond acceptors (Lipinski definition) is 2. The maximum Gasteiger partial charge on any atom is 0.103 e. The molecule has 3 heteroatoms. The first-order valence-electron chi connectivity index (χ1n) is 3.70. The van der Waals surface area contributed by atoms with E-state index in [2.05, 4.69) is 0 Å². The Morgan fingerprint density at radius 2 is 2.00 bits per heavy atom. The van der Waals surface area contributed by atoms with Gasteiger partial charge in [-0.05, 0) is 12.1 Å². The van der Waals surface area contributed by atoms with Crippen molar-refractivity contribution in [2.24, 2.45) is 0 Å². The Balaban J connectivity index is 0.000000561. The van der Waals surface area contributed by atoms with E-state index in [0.717, 1.165) is 0 Å². The van der Waals surface area contributed by atoms with Gasteiger partial charge in [0.25, 0.3) is 0 Å². The van der Waals surface area contributed by atoms with E-state index >= 15 is 0 Å². The minimum absolute atomic E-state index is 0.351. The van der Waals surface area contributed by atoms with Gasteiger partial charge in [0.1, 0.15) is 6.07 Å². The van der Waals surface area contributed by atoms with Crippen LogP contribution >= 0.6 is 11.6 Å². The van der Waals surface area contributed by atoms with Crippen LogP contribution in [0.1, 0.15) is 19.4 Å². The quantitative estimate of drug-likeness (QED) is 0.628. The zero-order valence-corrected chi connectivity index (χ0v) is 7.89. The number of benzene rings is 1. The summed E-state index contributed by atoms with van der Waals surface area (Å²) in [6.45, 7) is 4.00. The number of rotatable bonds is 0. The third-order valence-electron chi connectivity index (χ3n) is 1.16. The summed E-state index contributed by atoms with van der Waals surface area (Å²) in [5.74, 6) is 0. The molecule has 0 aromatic heterocycles. The Morgan fingerprint density at radius 3 is 2.33 bits per heavy atom. The fraction of sp³-hybridized carbons (Fsp3) is 0.222. The van der Waals surface area contributed by atoms with Crippen molar-refractivity contribution in [2.45, 2.75) is 13.8 Å². The predicted octanol–water partition coefficient (Wildman–Crippen LogP) is 2.82. The molecule has 1 rings (SSSR count). The molecule has 12 heavy (non-hydrogen) atoms. The fourth-order valence-corrected chi connectivity index (χ4v) is 0.883. The molecule has 0 spiro atoms. The summed E-state index contributed by atoms with van der Waals surface area (Å²) in [6, 6.07) is 6.89. The molecule has 0 atom stereocenters. The standard InChI is InChI=1S/C7H5ClN2.C2H6/c8-6-2-1-3-7(10)5(6)4-9;1-2/h1-3H,10H2;1-2H3. The highest BCUT2D eigenvalue weighted by molar-refractivity contribution is 6.32. The van der Waals surface area contributed by atoms with Gasteiger partial charge in [0.05, 0.1) is 16.3 Å². The monoisotopic (exact) mass is 182 g/mol. The SMILES string of the molecule is CC.N#Cc1c(N)cccc1Cl. The largest absolute Gasteiger partial charge is 0.398 e. The smallest absolute Gasteiger partial charge is 0.103 e. The van der Waals surface area contributed by atoms with E-state index < -0.39 is 0 Å². The molecule has 0 saturated heterocycles. The van der Waals surface area contributed by atoms with Crippen molar-refractivity contribution in [1.82, 2.24) is 0 Å². The predicted molar refractivity (Wildman–Crippen MR) is 51.9 cm³/mol. The lowest BCUT2D eigenvalue weighted by molar-refractivity contribution is 1.48. The van der Waals surface area contributed by atoms with Gasteiger partial charge in [-0.15, -0.1) is 0 Å². The topological polar surface area (TPSA) is 49.8 Å². The zero-order chi connectivity index (χ0) is 9.56. The highest BCUT2D eigenvalue weighted by Crippen LogP contribution is 2.19. The number of nitriles is 1. The molecule has 2 nitrogen and oxygen atoms in total. The average molecular weight is 183 g/mol. The van der Waals surface area contributed by atoms with Crippen molar-refractivity contribution in [1.29, 1.82) is 5.26 Å². The molecule has 1 aromatic carbocycles. The van der Waals surface area contributed by atoms with Crippen LogP contribution in [-0.2, 0) is 0 Å². The molecular formula is C9H11ClN2. The van der Waals surface area contributed by atoms with Crippen LogP contribution in [-0.4, -0.2) is 0 Å². The van der Waals surface area contributed by atoms with E-state index in [0.29, 0.717) is 16.3 Å². The summed E-state index contributed by atoms with van der Waals surface area (Å²) < 4.78 is 0. The van der Waals surface area contributed by atoms with Gasteiger partial charge < -0.3 is 5.73 Å². The van der Waals surface area contributed by atoms with Gasteiger partial charge in [-0.3, -0.25) is 0 Å². The van der Waals surface area contributed by atoms with Gasteiger partial charge in [-0.1, -0.05) is 31.5 Å². The molecule has 0 fully saturated rings. The highest BCUT2D eigenvalue weighted by atomic mass is 35.5. The van der Waals surface area contributed by atoms with Crippen molar-refractivity contribution in [2.75, 3.05) is 5.73 Å². The van der Waals surface area contributed by atoms with E-state index in [-0.39, 0.29) is 0 Å². The van der Waals surface area contributed by atoms with Gasteiger partial charge in [0.2, 0.25) is 0 Å². The Labute approximate surface area is 77.6 Å². The molecule has 1 aromatic rings. The summed E-state index contributed by atoms with van der Waals surface area (Å²) in [6.07, 6.45) is 0. The van der Waals surface area contributed by atoms with Gasteiger partial charge in [-0.2, -0.15) is 5.26 Å². The molecule has 0 aliphatic carbocycles. The number of nitrogen functional groups attached to an aromatic ring is 1. The first-order valence-corrected chi connectivity index (χ1v) is 4.07. The van der Waals surface area contributed by atoms with Crippen LogP contribution in [0, 0.1) is 11.3 Å². The second kappa shape index (κ2) is 5.45. The minimum Gasteiger partial charge on any atom is -0.398 e. The average Bonchev–Trinajstić information content (AvgIpc) is 2.08. The van der Waals surface area contributed by atoms with Crippen molar-refractivity contribution in [3.8, 4) is 6.07 Å². The second-order valence-electron chi connectivity index (χ2n) is 1.82. The Kier molecular flexibility index (Phi) is 4.91. The summed E-state index contributed by atoms with van der Waals surface area (Å²) in [4.78, 5) is 0. The molecule has 0 saturated carbocycles. The molecular weight excluding hydrogens is 172 g/mol. The van der Waals surface area contributed by atoms with Gasteiger partial charge >= 0.3 is 0 Å². The molecule has 0 aliphatic heterocycles. The summed E-state index contributed by atoms with van der Waals surface area (Å²) in [5, 5.41) is 8.89. The van der Waals surface area contributed by atoms with Gasteiger partial charge in [-0.25, -0.2) is 0 Å². The first kappa shape index (κ1) is 10.8. The fourth-order valence-electron chi connectivity index (χ4n) is 0.659. The molecule has 64 valence electrons. The van der Waals surface area contributed by atoms with E-state index in [4.69, 9.17) is 22.6 Å². The lowest BCUT2D eigenvalue weighted by Gasteiger charge is -1.96. The van der Waals surface area contributed by atoms with Crippen LogP contribution in [0.2, 0.25) is 5.02 Å². The van der Waals surface area contributed by atoms with Crippen molar-refractivity contribution >= 4 is 17.3 Å². The van der Waals surface area contributed by atoms with Crippen molar-refractivity contribution in [3.05, 3.63) is 28.8 Å². The van der Waals surface area contributed by atoms with E-state index in [1.807, 2.05) is 19.9 Å². The van der Waals surface area contributed by atoms with Crippen LogP contribution in [0.25, 0.3) is 0 Å². The molecule has 0 amide bonds. The molecule has 0 bridgehead atoms. The number of halogens is 1. The molecule has 0 unspecified atom stereocenters. The highest BCUT2D eigenvalue weighted by Gasteiger charge is 2.00. The third kappa shape index (κ3) is 2.44. The van der Waals surface area contributed by atoms with Crippen LogP contribution in [0.5, 0.6) is 0 Å². The number of anilines is 1. The van der Waals surface area contributed by atoms with E-state index in [1.54, 1.807) is 18.2 Å². The number of nitrogens with two attached hydrogens (primary N) is 1. The second-order valence-corrected chi connectivity index (χ2v) is 2.22. The Bertz CT molecular complexity index is 269. The maximum absolute atomic E-state index is 8.48. The van der Waals surface area contributed by atoms with Crippen molar-refractivity contribution < 1.29 is 0 Å². The molecule has 0 radical (unpaired) electrons. The van der Waals surface area contributed by atoms with E-state index in [1.165, 1.54) is 0 Å². The number of hydrogen-bond donors (Lipinski definition) is 1. The van der Waals surface area contributed by atoms with Crippen LogP contribution in [0.15, 0.2) is 18.2 Å². The first-order chi connectivity index (χ1) is 5.75. The Hall–Kier alpha value is -1.20.